The van der Waals surface area contributed by atoms with Crippen LogP contribution >= 0.6 is 0 Å². The van der Waals surface area contributed by atoms with Gasteiger partial charge in [0.15, 0.2) is 5.78 Å². The number of hydrogen-bond donors (Lipinski definition) is 0. The van der Waals surface area contributed by atoms with Gasteiger partial charge in [0.05, 0.1) is 5.56 Å². The molecule has 3 nitrogen and oxygen atoms in total. The predicted molar refractivity (Wildman–Crippen MR) is 84.1 cm³/mol. The Balaban J connectivity index is 1.95. The topological polar surface area (TPSA) is 37.4 Å². The summed E-state index contributed by atoms with van der Waals surface area (Å²) < 4.78 is 40.4. The molecule has 1 aromatic carbocycles. The lowest BCUT2D eigenvalue weighted by atomic mass is 9.88. The van der Waals surface area contributed by atoms with E-state index in [4.69, 9.17) is 0 Å². The molecule has 0 aromatic heterocycles. The molecular weight excluding hydrogens is 319 g/mol. The number of carbonyl (C=O) groups excluding carboxylic acids is 2. The van der Waals surface area contributed by atoms with Crippen molar-refractivity contribution in [3.8, 4) is 0 Å². The Labute approximate surface area is 139 Å². The van der Waals surface area contributed by atoms with Crippen LogP contribution in [0.1, 0.15) is 55.8 Å². The van der Waals surface area contributed by atoms with E-state index in [2.05, 4.69) is 6.92 Å². The number of halogens is 3. The average Bonchev–Trinajstić information content (AvgIpc) is 2.54. The molecule has 0 N–H and O–H groups in total. The summed E-state index contributed by atoms with van der Waals surface area (Å²) in [5, 5.41) is 0. The second-order valence-corrected chi connectivity index (χ2v) is 6.22. The van der Waals surface area contributed by atoms with Crippen LogP contribution < -0.4 is 0 Å². The fourth-order valence-electron chi connectivity index (χ4n) is 3.06. The van der Waals surface area contributed by atoms with Crippen molar-refractivity contribution in [1.82, 2.24) is 4.90 Å². The largest absolute Gasteiger partial charge is 0.343 e. The van der Waals surface area contributed by atoms with Crippen LogP contribution in [0.3, 0.4) is 0 Å². The van der Waals surface area contributed by atoms with Gasteiger partial charge in [-0.2, -0.15) is 0 Å². The number of carbonyl (C=O) groups is 2. The zero-order chi connectivity index (χ0) is 17.7. The third-order valence-corrected chi connectivity index (χ3v) is 4.47. The minimum Gasteiger partial charge on any atom is -0.343 e. The van der Waals surface area contributed by atoms with E-state index in [0.717, 1.165) is 19.3 Å². The van der Waals surface area contributed by atoms with E-state index >= 15 is 0 Å². The standard InChI is InChI=1S/C18H22F3NO2/c1-2-3-4-5-16(23)22-8-6-12(7-9-22)18(24)17-14(20)10-13(19)11-15(17)21/h10-12H,2-9H2,1H3. The van der Waals surface area contributed by atoms with E-state index in [0.29, 0.717) is 44.5 Å². The molecule has 1 aliphatic heterocycles. The number of rotatable bonds is 6. The average molecular weight is 341 g/mol. The van der Waals surface area contributed by atoms with Crippen LogP contribution in [0.5, 0.6) is 0 Å². The molecule has 0 saturated carbocycles. The highest BCUT2D eigenvalue weighted by molar-refractivity contribution is 5.98. The van der Waals surface area contributed by atoms with E-state index in [9.17, 15) is 22.8 Å². The van der Waals surface area contributed by atoms with E-state index in [1.165, 1.54) is 0 Å². The van der Waals surface area contributed by atoms with E-state index in [1.54, 1.807) is 4.90 Å². The van der Waals surface area contributed by atoms with Gasteiger partial charge < -0.3 is 4.90 Å². The predicted octanol–water partition coefficient (Wildman–Crippen LogP) is 4.11. The number of hydrogen-bond acceptors (Lipinski definition) is 2. The van der Waals surface area contributed by atoms with Gasteiger partial charge in [0.25, 0.3) is 0 Å². The first-order valence-corrected chi connectivity index (χ1v) is 8.40. The van der Waals surface area contributed by atoms with Crippen LogP contribution in [0.4, 0.5) is 13.2 Å². The molecule has 1 heterocycles. The Hall–Kier alpha value is -1.85. The maximum Gasteiger partial charge on any atom is 0.222 e. The highest BCUT2D eigenvalue weighted by Gasteiger charge is 2.31. The molecule has 0 bridgehead atoms. The first-order valence-electron chi connectivity index (χ1n) is 8.40. The van der Waals surface area contributed by atoms with E-state index in [1.807, 2.05) is 0 Å². The Morgan fingerprint density at radius 3 is 2.21 bits per heavy atom. The maximum atomic E-state index is 13.7. The summed E-state index contributed by atoms with van der Waals surface area (Å²) >= 11 is 0. The molecule has 1 aromatic rings. The molecule has 1 amide bonds. The summed E-state index contributed by atoms with van der Waals surface area (Å²) in [4.78, 5) is 26.1. The lowest BCUT2D eigenvalue weighted by Crippen LogP contribution is -2.40. The first-order chi connectivity index (χ1) is 11.4. The van der Waals surface area contributed by atoms with Crippen LogP contribution in [-0.4, -0.2) is 29.7 Å². The van der Waals surface area contributed by atoms with Crippen molar-refractivity contribution < 1.29 is 22.8 Å². The third-order valence-electron chi connectivity index (χ3n) is 4.47. The van der Waals surface area contributed by atoms with Crippen molar-refractivity contribution in [2.24, 2.45) is 5.92 Å². The van der Waals surface area contributed by atoms with Gasteiger partial charge in [-0.05, 0) is 19.3 Å². The van der Waals surface area contributed by atoms with Crippen LogP contribution in [0.25, 0.3) is 0 Å². The summed E-state index contributed by atoms with van der Waals surface area (Å²) in [5.74, 6) is -4.52. The zero-order valence-corrected chi connectivity index (χ0v) is 13.8. The number of nitrogens with zero attached hydrogens (tertiary/aromatic N) is 1. The fourth-order valence-corrected chi connectivity index (χ4v) is 3.06. The molecule has 0 aliphatic carbocycles. The SMILES string of the molecule is CCCCCC(=O)N1CCC(C(=O)c2c(F)cc(F)cc2F)CC1. The lowest BCUT2D eigenvalue weighted by molar-refractivity contribution is -0.132. The molecule has 0 atom stereocenters. The number of ketones is 1. The van der Waals surface area contributed by atoms with E-state index in [-0.39, 0.29) is 5.91 Å². The van der Waals surface area contributed by atoms with Crippen LogP contribution in [0.2, 0.25) is 0 Å². The van der Waals surface area contributed by atoms with Crippen molar-refractivity contribution in [3.05, 3.63) is 35.1 Å². The minimum atomic E-state index is -1.17. The smallest absolute Gasteiger partial charge is 0.222 e. The summed E-state index contributed by atoms with van der Waals surface area (Å²) in [6, 6.07) is 1.03. The van der Waals surface area contributed by atoms with Crippen molar-refractivity contribution in [2.75, 3.05) is 13.1 Å². The third kappa shape index (κ3) is 4.36. The van der Waals surface area contributed by atoms with Crippen LogP contribution in [-0.2, 0) is 4.79 Å². The van der Waals surface area contributed by atoms with Gasteiger partial charge in [0.1, 0.15) is 17.5 Å². The number of Topliss-reactive ketones (excluding diaryl/α,β-unsaturated/α-hetero) is 1. The van der Waals surface area contributed by atoms with Crippen LogP contribution in [0.15, 0.2) is 12.1 Å². The summed E-state index contributed by atoms with van der Waals surface area (Å²) in [5.41, 5.74) is -0.677. The summed E-state index contributed by atoms with van der Waals surface area (Å²) in [6.07, 6.45) is 4.12. The number of likely N-dealkylation sites (tertiary alicyclic amines) is 1. The summed E-state index contributed by atoms with van der Waals surface area (Å²) in [6.45, 7) is 2.88. The molecule has 2 rings (SSSR count). The van der Waals surface area contributed by atoms with Gasteiger partial charge in [0, 0.05) is 37.6 Å². The normalized spacial score (nSPS) is 15.6. The molecule has 0 unspecified atom stereocenters. The fraction of sp³-hybridized carbons (Fsp3) is 0.556. The second-order valence-electron chi connectivity index (χ2n) is 6.22. The Morgan fingerprint density at radius 2 is 1.67 bits per heavy atom. The zero-order valence-electron chi connectivity index (χ0n) is 13.8. The Kier molecular flexibility index (Phi) is 6.40. The molecule has 0 radical (unpaired) electrons. The highest BCUT2D eigenvalue weighted by Crippen LogP contribution is 2.25. The molecule has 1 fully saturated rings. The van der Waals surface area contributed by atoms with Crippen molar-refractivity contribution in [1.29, 1.82) is 0 Å². The van der Waals surface area contributed by atoms with Gasteiger partial charge >= 0.3 is 0 Å². The molecule has 1 saturated heterocycles. The number of benzene rings is 1. The van der Waals surface area contributed by atoms with Crippen molar-refractivity contribution >= 4 is 11.7 Å². The maximum absolute atomic E-state index is 13.7. The highest BCUT2D eigenvalue weighted by atomic mass is 19.1. The molecule has 24 heavy (non-hydrogen) atoms. The molecule has 6 heteroatoms. The van der Waals surface area contributed by atoms with Gasteiger partial charge in [-0.1, -0.05) is 19.8 Å². The molecular formula is C18H22F3NO2. The van der Waals surface area contributed by atoms with Gasteiger partial charge in [-0.25, -0.2) is 13.2 Å². The lowest BCUT2D eigenvalue weighted by Gasteiger charge is -2.31. The summed E-state index contributed by atoms with van der Waals surface area (Å²) in [7, 11) is 0. The number of unbranched alkanes of at least 4 members (excludes halogenated alkanes) is 2. The Bertz CT molecular complexity index is 587. The van der Waals surface area contributed by atoms with Gasteiger partial charge in [-0.15, -0.1) is 0 Å². The Morgan fingerprint density at radius 1 is 1.08 bits per heavy atom. The molecule has 132 valence electrons. The van der Waals surface area contributed by atoms with Crippen molar-refractivity contribution in [2.45, 2.75) is 45.4 Å². The van der Waals surface area contributed by atoms with Crippen LogP contribution in [0, 0.1) is 23.4 Å². The first kappa shape index (κ1) is 18.5. The quantitative estimate of drug-likeness (QED) is 0.577. The van der Waals surface area contributed by atoms with Gasteiger partial charge in [0.2, 0.25) is 5.91 Å². The van der Waals surface area contributed by atoms with Crippen molar-refractivity contribution in [3.63, 3.8) is 0 Å². The molecule has 1 aliphatic rings. The number of amides is 1. The van der Waals surface area contributed by atoms with Gasteiger partial charge in [-0.3, -0.25) is 9.59 Å². The minimum absolute atomic E-state index is 0.0634. The molecule has 0 spiro atoms. The monoisotopic (exact) mass is 341 g/mol. The van der Waals surface area contributed by atoms with E-state index < -0.39 is 34.7 Å². The second kappa shape index (κ2) is 8.31. The number of piperidine rings is 1.